The van der Waals surface area contributed by atoms with E-state index in [9.17, 15) is 0 Å². The monoisotopic (exact) mass is 270 g/mol. The molecule has 0 aromatic carbocycles. The van der Waals surface area contributed by atoms with Gasteiger partial charge in [0, 0.05) is 19.1 Å². The van der Waals surface area contributed by atoms with E-state index in [2.05, 4.69) is 24.1 Å². The van der Waals surface area contributed by atoms with Crippen molar-refractivity contribution in [1.82, 2.24) is 10.2 Å². The van der Waals surface area contributed by atoms with E-state index in [0.29, 0.717) is 6.04 Å². The maximum absolute atomic E-state index is 5.60. The molecular weight excluding hydrogens is 240 g/mol. The topological polar surface area (TPSA) is 15.3 Å². The number of hydrogen-bond donors (Lipinski definition) is 1. The molecule has 1 N–H and O–H groups in total. The first-order chi connectivity index (χ1) is 8.77. The van der Waals surface area contributed by atoms with Crippen molar-refractivity contribution in [2.45, 2.75) is 77.7 Å². The molecule has 0 radical (unpaired) electrons. The smallest absolute Gasteiger partial charge is 0.169 e. The van der Waals surface area contributed by atoms with E-state index in [-0.39, 0.29) is 0 Å². The van der Waals surface area contributed by atoms with E-state index in [1.54, 1.807) is 0 Å². The minimum atomic E-state index is 0.636. The molecule has 1 aliphatic carbocycles. The fourth-order valence-electron chi connectivity index (χ4n) is 2.53. The van der Waals surface area contributed by atoms with E-state index >= 15 is 0 Å². The molecule has 18 heavy (non-hydrogen) atoms. The largest absolute Gasteiger partial charge is 0.360 e. The van der Waals surface area contributed by atoms with Gasteiger partial charge in [-0.15, -0.1) is 0 Å². The maximum atomic E-state index is 5.60. The number of nitrogens with zero attached hydrogens (tertiary/aromatic N) is 1. The van der Waals surface area contributed by atoms with Crippen LogP contribution in [0.25, 0.3) is 0 Å². The van der Waals surface area contributed by atoms with Crippen molar-refractivity contribution in [3.8, 4) is 0 Å². The molecule has 3 heteroatoms. The molecule has 1 saturated carbocycles. The van der Waals surface area contributed by atoms with Crippen LogP contribution in [0.2, 0.25) is 0 Å². The van der Waals surface area contributed by atoms with Crippen molar-refractivity contribution in [2.24, 2.45) is 0 Å². The minimum Gasteiger partial charge on any atom is -0.360 e. The molecule has 2 nitrogen and oxygen atoms in total. The highest BCUT2D eigenvalue weighted by molar-refractivity contribution is 7.80. The zero-order valence-corrected chi connectivity index (χ0v) is 13.0. The third-order valence-electron chi connectivity index (χ3n) is 3.78. The van der Waals surface area contributed by atoms with Gasteiger partial charge in [-0.2, -0.15) is 0 Å². The molecule has 0 aromatic heterocycles. The van der Waals surface area contributed by atoms with Gasteiger partial charge in [-0.25, -0.2) is 0 Å². The lowest BCUT2D eigenvalue weighted by Gasteiger charge is -2.30. The van der Waals surface area contributed by atoms with Crippen LogP contribution in [-0.4, -0.2) is 29.1 Å². The Kier molecular flexibility index (Phi) is 8.40. The fourth-order valence-corrected chi connectivity index (χ4v) is 2.87. The SMILES string of the molecule is CCCCN(CCCC)C(=S)NC1CCCCC1. The standard InChI is InChI=1S/C15H30N2S/c1-3-5-12-17(13-6-4-2)15(18)16-14-10-8-7-9-11-14/h14H,3-13H2,1-2H3,(H,16,18). The molecule has 0 spiro atoms. The van der Waals surface area contributed by atoms with Crippen LogP contribution in [0.3, 0.4) is 0 Å². The zero-order chi connectivity index (χ0) is 13.2. The Hall–Kier alpha value is -0.310. The van der Waals surface area contributed by atoms with Gasteiger partial charge in [0.1, 0.15) is 0 Å². The lowest BCUT2D eigenvalue weighted by atomic mass is 9.96. The second kappa shape index (κ2) is 9.60. The Morgan fingerprint density at radius 2 is 1.61 bits per heavy atom. The van der Waals surface area contributed by atoms with Gasteiger partial charge in [0.2, 0.25) is 0 Å². The van der Waals surface area contributed by atoms with E-state index in [0.717, 1.165) is 18.2 Å². The molecule has 0 heterocycles. The number of hydrogen-bond acceptors (Lipinski definition) is 1. The van der Waals surface area contributed by atoms with Crippen LogP contribution in [0.1, 0.15) is 71.6 Å². The lowest BCUT2D eigenvalue weighted by Crippen LogP contribution is -2.46. The quantitative estimate of drug-likeness (QED) is 0.701. The van der Waals surface area contributed by atoms with Crippen LogP contribution in [0.5, 0.6) is 0 Å². The third-order valence-corrected chi connectivity index (χ3v) is 4.16. The predicted molar refractivity (Wildman–Crippen MR) is 84.0 cm³/mol. The second-order valence-corrected chi connectivity index (χ2v) is 5.87. The van der Waals surface area contributed by atoms with Crippen LogP contribution < -0.4 is 5.32 Å². The van der Waals surface area contributed by atoms with E-state index in [1.807, 2.05) is 0 Å². The zero-order valence-electron chi connectivity index (χ0n) is 12.2. The number of unbranched alkanes of at least 4 members (excludes halogenated alkanes) is 2. The first-order valence-electron chi connectivity index (χ1n) is 7.83. The van der Waals surface area contributed by atoms with Crippen LogP contribution in [-0.2, 0) is 0 Å². The Morgan fingerprint density at radius 1 is 1.06 bits per heavy atom. The molecule has 0 aliphatic heterocycles. The average Bonchev–Trinajstić information content (AvgIpc) is 2.40. The summed E-state index contributed by atoms with van der Waals surface area (Å²) in [5.41, 5.74) is 0. The van der Waals surface area contributed by atoms with Crippen molar-refractivity contribution in [1.29, 1.82) is 0 Å². The first-order valence-corrected chi connectivity index (χ1v) is 8.24. The lowest BCUT2D eigenvalue weighted by molar-refractivity contribution is 0.362. The van der Waals surface area contributed by atoms with Gasteiger partial charge in [0.05, 0.1) is 0 Å². The van der Waals surface area contributed by atoms with Crippen LogP contribution >= 0.6 is 12.2 Å². The highest BCUT2D eigenvalue weighted by Crippen LogP contribution is 2.17. The van der Waals surface area contributed by atoms with Crippen LogP contribution in [0.4, 0.5) is 0 Å². The molecule has 0 amide bonds. The van der Waals surface area contributed by atoms with Crippen molar-refractivity contribution in [3.63, 3.8) is 0 Å². The molecule has 0 aromatic rings. The third kappa shape index (κ3) is 6.03. The predicted octanol–water partition coefficient (Wildman–Crippen LogP) is 4.10. The van der Waals surface area contributed by atoms with Gasteiger partial charge in [-0.1, -0.05) is 46.0 Å². The summed E-state index contributed by atoms with van der Waals surface area (Å²) >= 11 is 5.60. The summed E-state index contributed by atoms with van der Waals surface area (Å²) in [5.74, 6) is 0. The van der Waals surface area contributed by atoms with Gasteiger partial charge in [0.25, 0.3) is 0 Å². The highest BCUT2D eigenvalue weighted by Gasteiger charge is 2.16. The van der Waals surface area contributed by atoms with Crippen molar-refractivity contribution in [3.05, 3.63) is 0 Å². The Morgan fingerprint density at radius 3 is 2.11 bits per heavy atom. The highest BCUT2D eigenvalue weighted by atomic mass is 32.1. The molecule has 0 atom stereocenters. The van der Waals surface area contributed by atoms with E-state index in [4.69, 9.17) is 12.2 Å². The molecule has 0 saturated heterocycles. The van der Waals surface area contributed by atoms with Gasteiger partial charge in [-0.3, -0.25) is 0 Å². The Labute approximate surface area is 119 Å². The van der Waals surface area contributed by atoms with Gasteiger partial charge in [-0.05, 0) is 37.9 Å². The van der Waals surface area contributed by atoms with Gasteiger partial charge in [0.15, 0.2) is 5.11 Å². The fraction of sp³-hybridized carbons (Fsp3) is 0.933. The molecule has 0 bridgehead atoms. The summed E-state index contributed by atoms with van der Waals surface area (Å²) in [4.78, 5) is 2.39. The van der Waals surface area contributed by atoms with Crippen molar-refractivity contribution < 1.29 is 0 Å². The van der Waals surface area contributed by atoms with Gasteiger partial charge < -0.3 is 10.2 Å². The Balaban J connectivity index is 2.35. The normalized spacial score (nSPS) is 16.6. The summed E-state index contributed by atoms with van der Waals surface area (Å²) in [7, 11) is 0. The van der Waals surface area contributed by atoms with Crippen LogP contribution in [0.15, 0.2) is 0 Å². The number of rotatable bonds is 7. The summed E-state index contributed by atoms with van der Waals surface area (Å²) < 4.78 is 0. The molecule has 1 aliphatic rings. The van der Waals surface area contributed by atoms with Crippen molar-refractivity contribution in [2.75, 3.05) is 13.1 Å². The summed E-state index contributed by atoms with van der Waals surface area (Å²) in [6, 6.07) is 0.636. The maximum Gasteiger partial charge on any atom is 0.169 e. The van der Waals surface area contributed by atoms with Crippen molar-refractivity contribution >= 4 is 17.3 Å². The second-order valence-electron chi connectivity index (χ2n) is 5.48. The van der Waals surface area contributed by atoms with Gasteiger partial charge >= 0.3 is 0 Å². The van der Waals surface area contributed by atoms with E-state index in [1.165, 1.54) is 57.8 Å². The average molecular weight is 270 g/mol. The molecule has 0 unspecified atom stereocenters. The first kappa shape index (κ1) is 15.7. The minimum absolute atomic E-state index is 0.636. The number of nitrogens with one attached hydrogen (secondary N) is 1. The van der Waals surface area contributed by atoms with E-state index < -0.39 is 0 Å². The summed E-state index contributed by atoms with van der Waals surface area (Å²) in [6.07, 6.45) is 11.7. The molecule has 1 rings (SSSR count). The molecular formula is C15H30N2S. The molecule has 1 fully saturated rings. The number of thiocarbonyl (C=S) groups is 1. The summed E-state index contributed by atoms with van der Waals surface area (Å²) in [6.45, 7) is 6.73. The van der Waals surface area contributed by atoms with Crippen LogP contribution in [0, 0.1) is 0 Å². The summed E-state index contributed by atoms with van der Waals surface area (Å²) in [5, 5.41) is 4.60. The Bertz CT molecular complexity index is 217. The molecule has 106 valence electrons.